The molecule has 210 valence electrons. The molecular formula is C31H40N2O6. The number of carbonyl (C=O) groups is 2. The van der Waals surface area contributed by atoms with Crippen LogP contribution in [-0.2, 0) is 14.3 Å². The van der Waals surface area contributed by atoms with Crippen LogP contribution in [0.1, 0.15) is 49.9 Å². The van der Waals surface area contributed by atoms with Gasteiger partial charge in [-0.2, -0.15) is 0 Å². The number of benzene rings is 2. The van der Waals surface area contributed by atoms with Gasteiger partial charge in [-0.1, -0.05) is 32.9 Å². The van der Waals surface area contributed by atoms with Crippen LogP contribution in [0.3, 0.4) is 0 Å². The molecule has 8 nitrogen and oxygen atoms in total. The monoisotopic (exact) mass is 536 g/mol. The van der Waals surface area contributed by atoms with Gasteiger partial charge in [-0.15, -0.1) is 0 Å². The Morgan fingerprint density at radius 1 is 1.05 bits per heavy atom. The second-order valence-electron chi connectivity index (χ2n) is 10.5. The van der Waals surface area contributed by atoms with Gasteiger partial charge in [-0.3, -0.25) is 14.5 Å². The molecule has 1 atom stereocenters. The Balaban J connectivity index is 1.69. The van der Waals surface area contributed by atoms with Crippen LogP contribution in [0.2, 0.25) is 0 Å². The van der Waals surface area contributed by atoms with Gasteiger partial charge < -0.3 is 24.2 Å². The van der Waals surface area contributed by atoms with Gasteiger partial charge in [0.25, 0.3) is 11.7 Å². The van der Waals surface area contributed by atoms with Crippen LogP contribution >= 0.6 is 0 Å². The van der Waals surface area contributed by atoms with E-state index in [9.17, 15) is 14.7 Å². The Morgan fingerprint density at radius 2 is 1.77 bits per heavy atom. The number of hydrogen-bond acceptors (Lipinski definition) is 7. The summed E-state index contributed by atoms with van der Waals surface area (Å²) < 4.78 is 17.1. The lowest BCUT2D eigenvalue weighted by Crippen LogP contribution is -2.42. The third-order valence-corrected chi connectivity index (χ3v) is 6.99. The Kier molecular flexibility index (Phi) is 9.64. The summed E-state index contributed by atoms with van der Waals surface area (Å²) in [7, 11) is 0. The van der Waals surface area contributed by atoms with E-state index in [1.54, 1.807) is 23.1 Å². The minimum atomic E-state index is -0.705. The number of aliphatic hydroxyl groups is 1. The number of rotatable bonds is 11. The first-order valence-corrected chi connectivity index (χ1v) is 13.8. The molecule has 8 heteroatoms. The highest BCUT2D eigenvalue weighted by molar-refractivity contribution is 6.46. The molecule has 2 fully saturated rings. The van der Waals surface area contributed by atoms with E-state index in [0.29, 0.717) is 51.0 Å². The SMILES string of the molecule is CCCOc1ccc(C2/C(=C(\O)c3ccc(OCC(C)C)c(C)c3)C(=O)C(=O)N2CCN2CCOCC2)cc1. The molecule has 2 aliphatic heterocycles. The molecule has 0 saturated carbocycles. The zero-order chi connectivity index (χ0) is 27.9. The number of Topliss-reactive ketones (excluding diaryl/α,β-unsaturated/α-hetero) is 1. The Bertz CT molecular complexity index is 1180. The van der Waals surface area contributed by atoms with Gasteiger partial charge in [-0.25, -0.2) is 0 Å². The van der Waals surface area contributed by atoms with E-state index in [2.05, 4.69) is 18.7 Å². The fourth-order valence-corrected chi connectivity index (χ4v) is 4.87. The highest BCUT2D eigenvalue weighted by atomic mass is 16.5. The number of likely N-dealkylation sites (tertiary alicyclic amines) is 1. The molecule has 1 N–H and O–H groups in total. The van der Waals surface area contributed by atoms with Crippen LogP contribution in [-0.4, -0.2) is 79.2 Å². The van der Waals surface area contributed by atoms with Crippen molar-refractivity contribution in [3.05, 3.63) is 64.7 Å². The summed E-state index contributed by atoms with van der Waals surface area (Å²) in [6.45, 7) is 13.1. The Labute approximate surface area is 231 Å². The van der Waals surface area contributed by atoms with E-state index in [-0.39, 0.29) is 11.3 Å². The van der Waals surface area contributed by atoms with E-state index in [1.807, 2.05) is 38.1 Å². The predicted molar refractivity (Wildman–Crippen MR) is 150 cm³/mol. The van der Waals surface area contributed by atoms with E-state index < -0.39 is 17.7 Å². The Morgan fingerprint density at radius 3 is 2.41 bits per heavy atom. The lowest BCUT2D eigenvalue weighted by Gasteiger charge is -2.31. The van der Waals surface area contributed by atoms with E-state index in [0.717, 1.165) is 42.1 Å². The molecule has 0 aliphatic carbocycles. The maximum absolute atomic E-state index is 13.4. The summed E-state index contributed by atoms with van der Waals surface area (Å²) in [6.07, 6.45) is 0.893. The van der Waals surface area contributed by atoms with E-state index in [4.69, 9.17) is 14.2 Å². The summed E-state index contributed by atoms with van der Waals surface area (Å²) in [5.74, 6) is 0.365. The number of amides is 1. The molecule has 2 aromatic rings. The average Bonchev–Trinajstić information content (AvgIpc) is 3.19. The standard InChI is InChI=1S/C31H40N2O6/c1-5-16-38-25-9-6-23(7-10-25)28-27(29(34)24-8-11-26(22(4)19-24)39-20-21(2)3)30(35)31(36)33(28)13-12-32-14-17-37-18-15-32/h6-11,19,21,28,34H,5,12-18,20H2,1-4H3/b29-27+. The lowest BCUT2D eigenvalue weighted by molar-refractivity contribution is -0.140. The number of nitrogens with zero attached hydrogens (tertiary/aromatic N) is 2. The molecule has 0 spiro atoms. The number of ketones is 1. The number of aryl methyl sites for hydroxylation is 1. The largest absolute Gasteiger partial charge is 0.507 e. The first-order chi connectivity index (χ1) is 18.8. The van der Waals surface area contributed by atoms with Crippen molar-refractivity contribution in [3.63, 3.8) is 0 Å². The molecule has 1 unspecified atom stereocenters. The van der Waals surface area contributed by atoms with Crippen molar-refractivity contribution in [1.29, 1.82) is 0 Å². The molecule has 0 bridgehead atoms. The fraction of sp³-hybridized carbons (Fsp3) is 0.484. The molecule has 0 aromatic heterocycles. The van der Waals surface area contributed by atoms with Gasteiger partial charge in [0, 0.05) is 31.7 Å². The molecule has 2 aliphatic rings. The van der Waals surface area contributed by atoms with Gasteiger partial charge >= 0.3 is 0 Å². The Hall–Kier alpha value is -3.36. The van der Waals surface area contributed by atoms with E-state index in [1.165, 1.54) is 0 Å². The second-order valence-corrected chi connectivity index (χ2v) is 10.5. The molecule has 2 saturated heterocycles. The normalized spacial score (nSPS) is 19.6. The van der Waals surface area contributed by atoms with Crippen LogP contribution in [0.4, 0.5) is 0 Å². The highest BCUT2D eigenvalue weighted by Gasteiger charge is 2.46. The first-order valence-electron chi connectivity index (χ1n) is 13.8. The van der Waals surface area contributed by atoms with Crippen molar-refractivity contribution < 1.29 is 28.9 Å². The molecular weight excluding hydrogens is 496 g/mol. The number of morpholine rings is 1. The van der Waals surface area contributed by atoms with Crippen molar-refractivity contribution in [1.82, 2.24) is 9.80 Å². The zero-order valence-corrected chi connectivity index (χ0v) is 23.4. The van der Waals surface area contributed by atoms with Crippen LogP contribution in [0.15, 0.2) is 48.0 Å². The number of aliphatic hydroxyl groups excluding tert-OH is 1. The molecule has 39 heavy (non-hydrogen) atoms. The third-order valence-electron chi connectivity index (χ3n) is 6.99. The summed E-state index contributed by atoms with van der Waals surface area (Å²) in [5, 5.41) is 11.5. The quantitative estimate of drug-likeness (QED) is 0.256. The summed E-state index contributed by atoms with van der Waals surface area (Å²) in [4.78, 5) is 30.5. The third kappa shape index (κ3) is 6.81. The average molecular weight is 537 g/mol. The van der Waals surface area contributed by atoms with Crippen LogP contribution in [0.25, 0.3) is 5.76 Å². The topological polar surface area (TPSA) is 88.5 Å². The highest BCUT2D eigenvalue weighted by Crippen LogP contribution is 2.40. The first kappa shape index (κ1) is 28.6. The number of hydrogen-bond donors (Lipinski definition) is 1. The summed E-state index contributed by atoms with van der Waals surface area (Å²) in [5.41, 5.74) is 2.16. The maximum Gasteiger partial charge on any atom is 0.295 e. The van der Waals surface area contributed by atoms with Gasteiger partial charge in [-0.05, 0) is 60.7 Å². The number of ether oxygens (including phenoxy) is 3. The molecule has 2 aromatic carbocycles. The van der Waals surface area contributed by atoms with Crippen molar-refractivity contribution >= 4 is 17.4 Å². The molecule has 2 heterocycles. The van der Waals surface area contributed by atoms with Crippen molar-refractivity contribution in [2.75, 3.05) is 52.6 Å². The fourth-order valence-electron chi connectivity index (χ4n) is 4.87. The minimum Gasteiger partial charge on any atom is -0.507 e. The molecule has 1 amide bonds. The van der Waals surface area contributed by atoms with E-state index >= 15 is 0 Å². The second kappa shape index (κ2) is 13.1. The van der Waals surface area contributed by atoms with Crippen molar-refractivity contribution in [3.8, 4) is 11.5 Å². The van der Waals surface area contributed by atoms with Crippen molar-refractivity contribution in [2.24, 2.45) is 5.92 Å². The summed E-state index contributed by atoms with van der Waals surface area (Å²) >= 11 is 0. The van der Waals surface area contributed by atoms with Crippen LogP contribution < -0.4 is 9.47 Å². The van der Waals surface area contributed by atoms with Crippen molar-refractivity contribution in [2.45, 2.75) is 40.2 Å². The van der Waals surface area contributed by atoms with Gasteiger partial charge in [0.1, 0.15) is 17.3 Å². The maximum atomic E-state index is 13.4. The van der Waals surface area contributed by atoms with Gasteiger partial charge in [0.2, 0.25) is 0 Å². The van der Waals surface area contributed by atoms with Gasteiger partial charge in [0.05, 0.1) is 38.0 Å². The van der Waals surface area contributed by atoms with Crippen LogP contribution in [0, 0.1) is 12.8 Å². The molecule has 4 rings (SSSR count). The number of carbonyl (C=O) groups excluding carboxylic acids is 2. The summed E-state index contributed by atoms with van der Waals surface area (Å²) in [6, 6.07) is 12.0. The van der Waals surface area contributed by atoms with Crippen LogP contribution in [0.5, 0.6) is 11.5 Å². The molecule has 0 radical (unpaired) electrons. The zero-order valence-electron chi connectivity index (χ0n) is 23.4. The predicted octanol–water partition coefficient (Wildman–Crippen LogP) is 4.57. The lowest BCUT2D eigenvalue weighted by atomic mass is 9.94. The minimum absolute atomic E-state index is 0.0967. The van der Waals surface area contributed by atoms with Gasteiger partial charge in [0.15, 0.2) is 0 Å². The smallest absolute Gasteiger partial charge is 0.295 e.